The highest BCUT2D eigenvalue weighted by atomic mass is 16.3. The largest absolute Gasteiger partial charge is 0.459 e. The number of piperidine rings is 1. The van der Waals surface area contributed by atoms with Gasteiger partial charge in [-0.25, -0.2) is 0 Å². The SMILES string of the molecule is CC1CCN(C(=O)CNC(=O)c2ccco2)CC1. The Hall–Kier alpha value is -1.78. The van der Waals surface area contributed by atoms with Crippen LogP contribution in [-0.2, 0) is 4.79 Å². The number of hydrogen-bond acceptors (Lipinski definition) is 3. The number of nitrogens with one attached hydrogen (secondary N) is 1. The quantitative estimate of drug-likeness (QED) is 0.878. The molecule has 98 valence electrons. The van der Waals surface area contributed by atoms with Crippen LogP contribution in [-0.4, -0.2) is 36.3 Å². The number of carbonyl (C=O) groups is 2. The van der Waals surface area contributed by atoms with Gasteiger partial charge in [-0.1, -0.05) is 6.92 Å². The third-order valence-corrected chi connectivity index (χ3v) is 3.28. The maximum atomic E-state index is 11.9. The van der Waals surface area contributed by atoms with Crippen molar-refractivity contribution in [3.63, 3.8) is 0 Å². The highest BCUT2D eigenvalue weighted by molar-refractivity contribution is 5.94. The molecule has 0 aliphatic carbocycles. The number of furan rings is 1. The maximum absolute atomic E-state index is 11.9. The zero-order chi connectivity index (χ0) is 13.0. The van der Waals surface area contributed by atoms with Crippen molar-refractivity contribution in [2.45, 2.75) is 19.8 Å². The van der Waals surface area contributed by atoms with Crippen molar-refractivity contribution in [3.8, 4) is 0 Å². The summed E-state index contributed by atoms with van der Waals surface area (Å²) in [6.45, 7) is 3.81. The molecule has 5 heteroatoms. The maximum Gasteiger partial charge on any atom is 0.287 e. The van der Waals surface area contributed by atoms with Gasteiger partial charge in [0.25, 0.3) is 5.91 Å². The Morgan fingerprint density at radius 2 is 2.17 bits per heavy atom. The van der Waals surface area contributed by atoms with E-state index in [9.17, 15) is 9.59 Å². The molecular weight excluding hydrogens is 232 g/mol. The molecular formula is C13H18N2O3. The monoisotopic (exact) mass is 250 g/mol. The molecule has 0 unspecified atom stereocenters. The van der Waals surface area contributed by atoms with Crippen LogP contribution in [0.4, 0.5) is 0 Å². The Balaban J connectivity index is 1.76. The van der Waals surface area contributed by atoms with Crippen molar-refractivity contribution in [2.75, 3.05) is 19.6 Å². The number of rotatable bonds is 3. The Kier molecular flexibility index (Phi) is 4.02. The molecule has 2 rings (SSSR count). The molecule has 0 saturated carbocycles. The number of amides is 2. The van der Waals surface area contributed by atoms with Crippen molar-refractivity contribution in [2.24, 2.45) is 5.92 Å². The van der Waals surface area contributed by atoms with Crippen molar-refractivity contribution in [1.82, 2.24) is 10.2 Å². The molecule has 18 heavy (non-hydrogen) atoms. The summed E-state index contributed by atoms with van der Waals surface area (Å²) in [6.07, 6.45) is 3.51. The Bertz CT molecular complexity index is 406. The minimum atomic E-state index is -0.348. The van der Waals surface area contributed by atoms with Crippen LogP contribution in [0.1, 0.15) is 30.3 Å². The molecule has 0 bridgehead atoms. The highest BCUT2D eigenvalue weighted by Crippen LogP contribution is 2.15. The third kappa shape index (κ3) is 3.12. The third-order valence-electron chi connectivity index (χ3n) is 3.28. The zero-order valence-corrected chi connectivity index (χ0v) is 10.5. The predicted molar refractivity (Wildman–Crippen MR) is 66.0 cm³/mol. The lowest BCUT2D eigenvalue weighted by Gasteiger charge is -2.30. The van der Waals surface area contributed by atoms with Gasteiger partial charge in [0.15, 0.2) is 5.76 Å². The second-order valence-electron chi connectivity index (χ2n) is 4.72. The number of likely N-dealkylation sites (tertiary alicyclic amines) is 1. The lowest BCUT2D eigenvalue weighted by molar-refractivity contribution is -0.131. The average molecular weight is 250 g/mol. The minimum Gasteiger partial charge on any atom is -0.459 e. The van der Waals surface area contributed by atoms with Crippen LogP contribution < -0.4 is 5.32 Å². The summed E-state index contributed by atoms with van der Waals surface area (Å²) in [6, 6.07) is 3.21. The van der Waals surface area contributed by atoms with Crippen LogP contribution in [0.5, 0.6) is 0 Å². The number of nitrogens with zero attached hydrogens (tertiary/aromatic N) is 1. The zero-order valence-electron chi connectivity index (χ0n) is 10.5. The topological polar surface area (TPSA) is 62.6 Å². The van der Waals surface area contributed by atoms with E-state index in [2.05, 4.69) is 12.2 Å². The predicted octanol–water partition coefficient (Wildman–Crippen LogP) is 1.27. The molecule has 5 nitrogen and oxygen atoms in total. The van der Waals surface area contributed by atoms with Gasteiger partial charge in [0.05, 0.1) is 12.8 Å². The Morgan fingerprint density at radius 1 is 1.44 bits per heavy atom. The van der Waals surface area contributed by atoms with E-state index in [1.807, 2.05) is 4.90 Å². The van der Waals surface area contributed by atoms with Crippen LogP contribution in [0.2, 0.25) is 0 Å². The van der Waals surface area contributed by atoms with Gasteiger partial charge in [0.2, 0.25) is 5.91 Å². The van der Waals surface area contributed by atoms with Crippen LogP contribution in [0, 0.1) is 5.92 Å². The molecule has 0 spiro atoms. The lowest BCUT2D eigenvalue weighted by atomic mass is 9.99. The van der Waals surface area contributed by atoms with Crippen LogP contribution in [0.3, 0.4) is 0 Å². The fourth-order valence-electron chi connectivity index (χ4n) is 2.02. The first-order chi connectivity index (χ1) is 8.66. The van der Waals surface area contributed by atoms with Gasteiger partial charge in [-0.2, -0.15) is 0 Å². The standard InChI is InChI=1S/C13H18N2O3/c1-10-4-6-15(7-5-10)12(16)9-14-13(17)11-3-2-8-18-11/h2-3,8,10H,4-7,9H2,1H3,(H,14,17). The Morgan fingerprint density at radius 3 is 2.78 bits per heavy atom. The molecule has 1 N–H and O–H groups in total. The number of carbonyl (C=O) groups excluding carboxylic acids is 2. The minimum absolute atomic E-state index is 0.0261. The van der Waals surface area contributed by atoms with Crippen LogP contribution in [0.15, 0.2) is 22.8 Å². The average Bonchev–Trinajstić information content (AvgIpc) is 2.90. The molecule has 1 aromatic heterocycles. The van der Waals surface area contributed by atoms with Crippen LogP contribution in [0.25, 0.3) is 0 Å². The van der Waals surface area contributed by atoms with Gasteiger partial charge in [0.1, 0.15) is 0 Å². The van der Waals surface area contributed by atoms with Crippen molar-refractivity contribution >= 4 is 11.8 Å². The fraction of sp³-hybridized carbons (Fsp3) is 0.538. The van der Waals surface area contributed by atoms with Crippen molar-refractivity contribution in [3.05, 3.63) is 24.2 Å². The summed E-state index contributed by atoms with van der Waals surface area (Å²) in [5.41, 5.74) is 0. The molecule has 1 fully saturated rings. The fourth-order valence-corrected chi connectivity index (χ4v) is 2.02. The lowest BCUT2D eigenvalue weighted by Crippen LogP contribution is -2.43. The van der Waals surface area contributed by atoms with Gasteiger partial charge in [-0.3, -0.25) is 9.59 Å². The van der Waals surface area contributed by atoms with E-state index in [1.54, 1.807) is 12.1 Å². The van der Waals surface area contributed by atoms with E-state index in [1.165, 1.54) is 6.26 Å². The molecule has 1 saturated heterocycles. The second kappa shape index (κ2) is 5.71. The van der Waals surface area contributed by atoms with Gasteiger partial charge in [0, 0.05) is 13.1 Å². The van der Waals surface area contributed by atoms with Gasteiger partial charge >= 0.3 is 0 Å². The smallest absolute Gasteiger partial charge is 0.287 e. The summed E-state index contributed by atoms with van der Waals surface area (Å²) < 4.78 is 4.95. The van der Waals surface area contributed by atoms with Gasteiger partial charge in [-0.15, -0.1) is 0 Å². The van der Waals surface area contributed by atoms with E-state index in [0.717, 1.165) is 25.9 Å². The van der Waals surface area contributed by atoms with E-state index >= 15 is 0 Å². The van der Waals surface area contributed by atoms with E-state index in [4.69, 9.17) is 4.42 Å². The molecule has 1 aliphatic heterocycles. The first-order valence-corrected chi connectivity index (χ1v) is 6.26. The van der Waals surface area contributed by atoms with Gasteiger partial charge in [-0.05, 0) is 30.9 Å². The molecule has 1 aromatic rings. The summed E-state index contributed by atoms with van der Waals surface area (Å²) in [5.74, 6) is 0.544. The molecule has 1 aliphatic rings. The molecule has 2 heterocycles. The normalized spacial score (nSPS) is 16.6. The van der Waals surface area contributed by atoms with Crippen LogP contribution >= 0.6 is 0 Å². The molecule has 0 aromatic carbocycles. The molecule has 0 radical (unpaired) electrons. The Labute approximate surface area is 106 Å². The van der Waals surface area contributed by atoms with Crippen molar-refractivity contribution in [1.29, 1.82) is 0 Å². The van der Waals surface area contributed by atoms with E-state index in [-0.39, 0.29) is 24.1 Å². The number of hydrogen-bond donors (Lipinski definition) is 1. The second-order valence-corrected chi connectivity index (χ2v) is 4.72. The first-order valence-electron chi connectivity index (χ1n) is 6.26. The van der Waals surface area contributed by atoms with Gasteiger partial charge < -0.3 is 14.6 Å². The molecule has 2 amide bonds. The first kappa shape index (κ1) is 12.7. The van der Waals surface area contributed by atoms with Crippen molar-refractivity contribution < 1.29 is 14.0 Å². The summed E-state index contributed by atoms with van der Waals surface area (Å²) in [7, 11) is 0. The highest BCUT2D eigenvalue weighted by Gasteiger charge is 2.20. The van der Waals surface area contributed by atoms with E-state index in [0.29, 0.717) is 5.92 Å². The summed E-state index contributed by atoms with van der Waals surface area (Å²) >= 11 is 0. The summed E-state index contributed by atoms with van der Waals surface area (Å²) in [4.78, 5) is 25.2. The van der Waals surface area contributed by atoms with E-state index < -0.39 is 0 Å². The molecule has 0 atom stereocenters. The summed E-state index contributed by atoms with van der Waals surface area (Å²) in [5, 5.41) is 2.57.